The average molecular weight is 521 g/mol. The van der Waals surface area contributed by atoms with Crippen molar-refractivity contribution in [1.82, 2.24) is 4.98 Å². The highest BCUT2D eigenvalue weighted by molar-refractivity contribution is 6.31. The van der Waals surface area contributed by atoms with Crippen LogP contribution in [0.3, 0.4) is 0 Å². The fraction of sp³-hybridized carbons (Fsp3) is 0.152. The lowest BCUT2D eigenvalue weighted by Gasteiger charge is -2.25. The average Bonchev–Trinajstić information content (AvgIpc) is 3.11. The third kappa shape index (κ3) is 6.46. The Balaban J connectivity index is 1.38. The Labute approximate surface area is 229 Å². The first-order valence-electron chi connectivity index (χ1n) is 12.9. The van der Waals surface area contributed by atoms with Gasteiger partial charge in [-0.3, -0.25) is 9.47 Å². The number of fused-ring (bicyclic) bond motifs is 2. The molecule has 190 valence electrons. The molecule has 0 bridgehead atoms. The highest BCUT2D eigenvalue weighted by Gasteiger charge is 2.22. The summed E-state index contributed by atoms with van der Waals surface area (Å²) in [4.78, 5) is 10.7. The van der Waals surface area contributed by atoms with E-state index in [9.17, 15) is 0 Å². The lowest BCUT2D eigenvalue weighted by Crippen LogP contribution is -2.35. The van der Waals surface area contributed by atoms with Gasteiger partial charge in [0, 0.05) is 16.8 Å². The zero-order valence-electron chi connectivity index (χ0n) is 21.5. The van der Waals surface area contributed by atoms with Crippen LogP contribution in [0.5, 0.6) is 0 Å². The summed E-state index contributed by atoms with van der Waals surface area (Å²) in [5, 5.41) is 5.38. The van der Waals surface area contributed by atoms with Crippen LogP contribution in [0, 0.1) is 0 Å². The van der Waals surface area contributed by atoms with Crippen molar-refractivity contribution < 1.29 is 9.32 Å². The molecule has 0 spiro atoms. The Morgan fingerprint density at radius 1 is 0.842 bits per heavy atom. The molecule has 0 radical (unpaired) electrons. The summed E-state index contributed by atoms with van der Waals surface area (Å²) in [6.07, 6.45) is 12.2. The molecular formula is C33H31ClN3O+. The van der Waals surface area contributed by atoms with E-state index in [0.29, 0.717) is 17.6 Å². The van der Waals surface area contributed by atoms with Crippen LogP contribution >= 0.6 is 11.6 Å². The normalized spacial score (nSPS) is 14.4. The van der Waals surface area contributed by atoms with Crippen LogP contribution in [0.25, 0.3) is 12.2 Å². The van der Waals surface area contributed by atoms with Crippen molar-refractivity contribution in [1.29, 1.82) is 0 Å². The number of oxime groups is 1. The number of hydrogen-bond donors (Lipinski definition) is 0. The van der Waals surface area contributed by atoms with Crippen LogP contribution < -0.4 is 0 Å². The third-order valence-electron chi connectivity index (χ3n) is 6.74. The molecule has 0 N–H and O–H groups in total. The van der Waals surface area contributed by atoms with Crippen LogP contribution in [0.2, 0.25) is 5.02 Å². The van der Waals surface area contributed by atoms with Gasteiger partial charge in [-0.15, -0.1) is 0 Å². The van der Waals surface area contributed by atoms with Crippen molar-refractivity contribution >= 4 is 29.5 Å². The molecule has 0 amide bonds. The van der Waals surface area contributed by atoms with Gasteiger partial charge in [0.1, 0.15) is 24.7 Å². The Bertz CT molecular complexity index is 1410. The maximum Gasteiger partial charge on any atom is 0.166 e. The first-order chi connectivity index (χ1) is 18.6. The number of rotatable bonds is 8. The lowest BCUT2D eigenvalue weighted by molar-refractivity contribution is -0.805. The molecule has 4 nitrogen and oxygen atoms in total. The molecule has 38 heavy (non-hydrogen) atoms. The molecule has 0 unspecified atom stereocenters. The van der Waals surface area contributed by atoms with Crippen molar-refractivity contribution in [3.05, 3.63) is 148 Å². The van der Waals surface area contributed by atoms with Crippen molar-refractivity contribution in [2.24, 2.45) is 5.16 Å². The van der Waals surface area contributed by atoms with Gasteiger partial charge >= 0.3 is 0 Å². The third-order valence-corrected chi connectivity index (χ3v) is 6.97. The van der Waals surface area contributed by atoms with E-state index in [-0.39, 0.29) is 0 Å². The topological polar surface area (TPSA) is 34.5 Å². The predicted octanol–water partition coefficient (Wildman–Crippen LogP) is 7.39. The SMILES string of the molecule is C[N+](/C=C/c1ccccc1)(/C=C/c1ccccc1)CCO/N=C1\c2ccc(Cl)cc2CCc2cccnc21. The van der Waals surface area contributed by atoms with Gasteiger partial charge in [-0.05, 0) is 65.4 Å². The maximum absolute atomic E-state index is 6.31. The predicted molar refractivity (Wildman–Crippen MR) is 157 cm³/mol. The van der Waals surface area contributed by atoms with Gasteiger partial charge in [0.2, 0.25) is 0 Å². The van der Waals surface area contributed by atoms with Crippen molar-refractivity contribution in [3.8, 4) is 0 Å². The summed E-state index contributed by atoms with van der Waals surface area (Å²) in [7, 11) is 2.16. The first kappa shape index (κ1) is 25.7. The number of quaternary nitrogens is 1. The van der Waals surface area contributed by atoms with Gasteiger partial charge in [-0.25, -0.2) is 0 Å². The van der Waals surface area contributed by atoms with Crippen LogP contribution in [0.4, 0.5) is 0 Å². The Morgan fingerprint density at radius 2 is 1.50 bits per heavy atom. The number of halogens is 1. The summed E-state index contributed by atoms with van der Waals surface area (Å²) in [5.74, 6) is 0. The molecule has 1 aliphatic carbocycles. The van der Waals surface area contributed by atoms with E-state index < -0.39 is 0 Å². The number of pyridine rings is 1. The zero-order chi connectivity index (χ0) is 26.2. The van der Waals surface area contributed by atoms with Crippen LogP contribution in [0.1, 0.15) is 33.5 Å². The van der Waals surface area contributed by atoms with Gasteiger partial charge < -0.3 is 4.84 Å². The molecule has 1 heterocycles. The molecule has 4 aromatic rings. The van der Waals surface area contributed by atoms with Gasteiger partial charge in [-0.2, -0.15) is 0 Å². The summed E-state index contributed by atoms with van der Waals surface area (Å²) in [6, 6.07) is 30.7. The summed E-state index contributed by atoms with van der Waals surface area (Å²) < 4.78 is 0.551. The molecule has 1 aromatic heterocycles. The summed E-state index contributed by atoms with van der Waals surface area (Å²) in [6.45, 7) is 1.13. The van der Waals surface area contributed by atoms with Crippen LogP contribution in [-0.2, 0) is 17.7 Å². The minimum absolute atomic E-state index is 0.434. The monoisotopic (exact) mass is 520 g/mol. The van der Waals surface area contributed by atoms with Gasteiger partial charge in [0.15, 0.2) is 6.61 Å². The van der Waals surface area contributed by atoms with E-state index >= 15 is 0 Å². The van der Waals surface area contributed by atoms with E-state index in [2.05, 4.69) is 72.1 Å². The van der Waals surface area contributed by atoms with E-state index in [1.807, 2.05) is 66.9 Å². The molecule has 1 aliphatic rings. The molecule has 0 saturated carbocycles. The van der Waals surface area contributed by atoms with E-state index in [1.165, 1.54) is 5.56 Å². The van der Waals surface area contributed by atoms with Gasteiger partial charge in [0.25, 0.3) is 0 Å². The molecular weight excluding hydrogens is 490 g/mol. The number of nitrogens with zero attached hydrogens (tertiary/aromatic N) is 3. The Morgan fingerprint density at radius 3 is 2.18 bits per heavy atom. The minimum Gasteiger partial charge on any atom is -0.389 e. The smallest absolute Gasteiger partial charge is 0.166 e. The number of aryl methyl sites for hydroxylation is 2. The fourth-order valence-corrected chi connectivity index (χ4v) is 4.73. The second kappa shape index (κ2) is 12.0. The number of hydrogen-bond acceptors (Lipinski definition) is 3. The van der Waals surface area contributed by atoms with Gasteiger partial charge in [0.05, 0.1) is 12.7 Å². The van der Waals surface area contributed by atoms with E-state index in [1.54, 1.807) is 0 Å². The summed E-state index contributed by atoms with van der Waals surface area (Å²) >= 11 is 6.31. The van der Waals surface area contributed by atoms with Crippen molar-refractivity contribution in [2.45, 2.75) is 12.8 Å². The minimum atomic E-state index is 0.434. The quantitative estimate of drug-likeness (QED) is 0.138. The standard InChI is InChI=1S/C33H31ClN3O/c1-37(21-18-26-9-4-2-5-10-26,22-19-27-11-6-3-7-12-27)23-24-38-36-33-31-17-16-30(34)25-29(31)15-14-28-13-8-20-35-32(28)33/h2-13,16-22,25H,14-15,23-24H2,1H3/q+1/b21-18+,22-19+,36-33+. The fourth-order valence-electron chi connectivity index (χ4n) is 4.53. The van der Waals surface area contributed by atoms with Crippen molar-refractivity contribution in [2.75, 3.05) is 20.2 Å². The van der Waals surface area contributed by atoms with Crippen LogP contribution in [-0.4, -0.2) is 35.4 Å². The van der Waals surface area contributed by atoms with Crippen LogP contribution in [0.15, 0.2) is 115 Å². The molecule has 3 aromatic carbocycles. The second-order valence-electron chi connectivity index (χ2n) is 9.61. The van der Waals surface area contributed by atoms with Crippen molar-refractivity contribution in [3.63, 3.8) is 0 Å². The molecule has 5 heteroatoms. The lowest BCUT2D eigenvalue weighted by atomic mass is 10.0. The highest BCUT2D eigenvalue weighted by Crippen LogP contribution is 2.26. The summed E-state index contributed by atoms with van der Waals surface area (Å²) in [5.41, 5.74) is 7.30. The first-order valence-corrected chi connectivity index (χ1v) is 13.2. The van der Waals surface area contributed by atoms with Gasteiger partial charge in [-0.1, -0.05) is 89.6 Å². The second-order valence-corrected chi connectivity index (χ2v) is 10.0. The molecule has 0 saturated heterocycles. The zero-order valence-corrected chi connectivity index (χ0v) is 22.3. The Kier molecular flexibility index (Phi) is 8.12. The number of aromatic nitrogens is 1. The molecule has 0 atom stereocenters. The van der Waals surface area contributed by atoms with E-state index in [4.69, 9.17) is 16.4 Å². The largest absolute Gasteiger partial charge is 0.389 e. The Hall–Kier alpha value is -3.99. The molecule has 0 aliphatic heterocycles. The molecule has 5 rings (SSSR count). The highest BCUT2D eigenvalue weighted by atomic mass is 35.5. The maximum atomic E-state index is 6.31. The number of likely N-dealkylation sites (N-methyl/N-ethyl adjacent to an activating group) is 1. The molecule has 0 fully saturated rings. The van der Waals surface area contributed by atoms with E-state index in [0.717, 1.165) is 51.5 Å². The number of benzene rings is 3.